The molecule has 1 atom stereocenters. The molecule has 1 aromatic carbocycles. The number of rotatable bonds is 18. The van der Waals surface area contributed by atoms with Gasteiger partial charge >= 0.3 is 0 Å². The molecule has 0 unspecified atom stereocenters. The van der Waals surface area contributed by atoms with E-state index in [2.05, 4.69) is 36.1 Å². The minimum absolute atomic E-state index is 0.0105. The largest absolute Gasteiger partial charge is 0.385 e. The van der Waals surface area contributed by atoms with Gasteiger partial charge < -0.3 is 20.9 Å². The van der Waals surface area contributed by atoms with Gasteiger partial charge in [-0.1, -0.05) is 61.9 Å². The third kappa shape index (κ3) is 8.29. The molecule has 14 nitrogen and oxygen atoms in total. The molecule has 1 aliphatic heterocycles. The van der Waals surface area contributed by atoms with Crippen LogP contribution in [0.5, 0.6) is 0 Å². The molecule has 3 amide bonds. The van der Waals surface area contributed by atoms with Crippen molar-refractivity contribution in [1.29, 1.82) is 0 Å². The molecular formula is C42H50N10O4. The zero-order valence-corrected chi connectivity index (χ0v) is 31.7. The summed E-state index contributed by atoms with van der Waals surface area (Å²) in [6, 6.07) is 13.8. The zero-order valence-electron chi connectivity index (χ0n) is 31.7. The Morgan fingerprint density at radius 3 is 2.43 bits per heavy atom. The second kappa shape index (κ2) is 17.0. The summed E-state index contributed by atoms with van der Waals surface area (Å²) in [5.74, 6) is 0.857. The van der Waals surface area contributed by atoms with Gasteiger partial charge in [0.2, 0.25) is 17.7 Å². The van der Waals surface area contributed by atoms with E-state index in [1.54, 1.807) is 6.20 Å². The number of hydrogen-bond acceptors (Lipinski definition) is 11. The van der Waals surface area contributed by atoms with Gasteiger partial charge in [-0.2, -0.15) is 5.10 Å². The van der Waals surface area contributed by atoms with Crippen LogP contribution >= 0.6 is 0 Å². The number of benzene rings is 1. The van der Waals surface area contributed by atoms with E-state index in [9.17, 15) is 14.4 Å². The third-order valence-electron chi connectivity index (χ3n) is 11.4. The Hall–Kier alpha value is -5.66. The maximum absolute atomic E-state index is 13.0. The Kier molecular flexibility index (Phi) is 11.3. The number of unbranched alkanes of at least 4 members (excludes halogenated alkanes) is 7. The van der Waals surface area contributed by atoms with Crippen molar-refractivity contribution in [3.63, 3.8) is 0 Å². The number of pyridine rings is 1. The lowest BCUT2D eigenvalue weighted by Crippen LogP contribution is -2.40. The number of nitrogen functional groups attached to an aromatic ring is 1. The molecule has 5 heterocycles. The SMILES string of the molecule is Nc1ncnc2c1c(-c1noc(C3CC3)c1-c1ccccn1)nn2C1CC(C(=O)NCCCCCCCCCCNc2cccc([C@H]3CCC(=O)NC3=O)c2)C1. The Labute approximate surface area is 325 Å². The first-order valence-corrected chi connectivity index (χ1v) is 20.3. The van der Waals surface area contributed by atoms with Crippen LogP contribution in [0.15, 0.2) is 59.5 Å². The molecule has 0 spiro atoms. The predicted molar refractivity (Wildman–Crippen MR) is 212 cm³/mol. The van der Waals surface area contributed by atoms with Crippen molar-refractivity contribution in [3.8, 4) is 22.6 Å². The highest BCUT2D eigenvalue weighted by Crippen LogP contribution is 2.49. The summed E-state index contributed by atoms with van der Waals surface area (Å²) in [4.78, 5) is 50.2. The van der Waals surface area contributed by atoms with Gasteiger partial charge in [0.25, 0.3) is 0 Å². The summed E-state index contributed by atoms with van der Waals surface area (Å²) < 4.78 is 7.80. The average Bonchev–Trinajstić information content (AvgIpc) is 3.82. The van der Waals surface area contributed by atoms with E-state index in [0.29, 0.717) is 66.4 Å². The monoisotopic (exact) mass is 758 g/mol. The van der Waals surface area contributed by atoms with E-state index in [0.717, 1.165) is 66.9 Å². The Morgan fingerprint density at radius 2 is 1.68 bits per heavy atom. The molecule has 3 aliphatic rings. The molecular weight excluding hydrogens is 709 g/mol. The molecule has 56 heavy (non-hydrogen) atoms. The highest BCUT2D eigenvalue weighted by atomic mass is 16.5. The number of anilines is 2. The molecule has 2 aliphatic carbocycles. The van der Waals surface area contributed by atoms with Gasteiger partial charge in [-0.05, 0) is 74.8 Å². The van der Waals surface area contributed by atoms with Crippen LogP contribution in [0.4, 0.5) is 11.5 Å². The number of nitrogens with one attached hydrogen (secondary N) is 3. The number of nitrogens with zero attached hydrogens (tertiary/aromatic N) is 6. The molecule has 0 radical (unpaired) electrons. The van der Waals surface area contributed by atoms with Crippen molar-refractivity contribution >= 4 is 40.3 Å². The first-order valence-electron chi connectivity index (χ1n) is 20.3. The van der Waals surface area contributed by atoms with Crippen molar-refractivity contribution in [1.82, 2.24) is 40.5 Å². The van der Waals surface area contributed by atoms with Crippen LogP contribution in [-0.4, -0.2) is 60.7 Å². The summed E-state index contributed by atoms with van der Waals surface area (Å²) in [7, 11) is 0. The van der Waals surface area contributed by atoms with Crippen LogP contribution < -0.4 is 21.7 Å². The molecule has 14 heteroatoms. The Morgan fingerprint density at radius 1 is 0.893 bits per heavy atom. The standard InChI is InChI=1S/C42H50N10O4/c43-39-35-36(37-34(32-14-7-10-20-45-32)38(56-51-37)26-15-16-26)50-52(40(35)48-25-47-39)30-23-28(24-30)41(54)46-21-9-6-4-2-1-3-5-8-19-44-29-13-11-12-27(22-29)31-17-18-33(53)49-42(31)55/h7,10-14,20,22,25-26,28,30-31,44H,1-6,8-9,15-19,21,23-24H2,(H,46,54)(H2,43,47,48)(H,49,53,55)/t28?,30?,31-/m1/s1. The number of amides is 3. The van der Waals surface area contributed by atoms with Crippen molar-refractivity contribution in [2.45, 2.75) is 108 Å². The fourth-order valence-corrected chi connectivity index (χ4v) is 8.04. The molecule has 0 bridgehead atoms. The number of fused-ring (bicyclic) bond motifs is 1. The topological polar surface area (TPSA) is 196 Å². The molecule has 2 saturated carbocycles. The molecule has 292 valence electrons. The molecule has 4 aromatic heterocycles. The number of piperidine rings is 1. The van der Waals surface area contributed by atoms with Gasteiger partial charge in [0.05, 0.1) is 28.6 Å². The van der Waals surface area contributed by atoms with Crippen LogP contribution in [0, 0.1) is 5.92 Å². The van der Waals surface area contributed by atoms with Crippen LogP contribution in [0.2, 0.25) is 0 Å². The minimum atomic E-state index is -0.261. The summed E-state index contributed by atoms with van der Waals surface area (Å²) in [5.41, 5.74) is 11.8. The number of nitrogens with two attached hydrogens (primary N) is 1. The number of hydrogen-bond donors (Lipinski definition) is 4. The first-order chi connectivity index (χ1) is 27.4. The number of carbonyl (C=O) groups is 3. The third-order valence-corrected chi connectivity index (χ3v) is 11.4. The van der Waals surface area contributed by atoms with Gasteiger partial charge in [0.15, 0.2) is 5.65 Å². The maximum Gasteiger partial charge on any atom is 0.234 e. The molecule has 1 saturated heterocycles. The van der Waals surface area contributed by atoms with Gasteiger partial charge in [0, 0.05) is 43.2 Å². The summed E-state index contributed by atoms with van der Waals surface area (Å²) >= 11 is 0. The van der Waals surface area contributed by atoms with E-state index in [1.165, 1.54) is 38.4 Å². The second-order valence-corrected chi connectivity index (χ2v) is 15.5. The zero-order chi connectivity index (χ0) is 38.4. The van der Waals surface area contributed by atoms with Gasteiger partial charge in [-0.15, -0.1) is 0 Å². The van der Waals surface area contributed by atoms with Crippen LogP contribution in [0.25, 0.3) is 33.7 Å². The highest BCUT2D eigenvalue weighted by molar-refractivity contribution is 6.01. The number of carbonyl (C=O) groups excluding carboxylic acids is 3. The van der Waals surface area contributed by atoms with Crippen LogP contribution in [0.3, 0.4) is 0 Å². The van der Waals surface area contributed by atoms with Gasteiger partial charge in [0.1, 0.15) is 29.3 Å². The van der Waals surface area contributed by atoms with E-state index in [-0.39, 0.29) is 35.6 Å². The number of aromatic nitrogens is 6. The van der Waals surface area contributed by atoms with E-state index in [1.807, 2.05) is 47.1 Å². The van der Waals surface area contributed by atoms with Crippen molar-refractivity contribution in [2.75, 3.05) is 24.1 Å². The number of imide groups is 1. The van der Waals surface area contributed by atoms with Crippen LogP contribution in [0.1, 0.15) is 119 Å². The first kappa shape index (κ1) is 37.3. The fraction of sp³-hybridized carbons (Fsp3) is 0.476. The Balaban J connectivity index is 0.733. The molecule has 5 aromatic rings. The molecule has 3 fully saturated rings. The quantitative estimate of drug-likeness (QED) is 0.0541. The van der Waals surface area contributed by atoms with Gasteiger partial charge in [-0.3, -0.25) is 24.7 Å². The Bertz CT molecular complexity index is 2170. The molecule has 8 rings (SSSR count). The minimum Gasteiger partial charge on any atom is -0.385 e. The predicted octanol–water partition coefficient (Wildman–Crippen LogP) is 6.82. The fourth-order valence-electron chi connectivity index (χ4n) is 8.04. The second-order valence-electron chi connectivity index (χ2n) is 15.5. The summed E-state index contributed by atoms with van der Waals surface area (Å²) in [6.07, 6.45) is 16.7. The van der Waals surface area contributed by atoms with Crippen molar-refractivity contribution in [2.24, 2.45) is 5.92 Å². The summed E-state index contributed by atoms with van der Waals surface area (Å²) in [6.45, 7) is 1.58. The van der Waals surface area contributed by atoms with Gasteiger partial charge in [-0.25, -0.2) is 14.6 Å². The van der Waals surface area contributed by atoms with E-state index >= 15 is 0 Å². The lowest BCUT2D eigenvalue weighted by atomic mass is 9.79. The van der Waals surface area contributed by atoms with E-state index < -0.39 is 0 Å². The lowest BCUT2D eigenvalue weighted by molar-refractivity contribution is -0.134. The molecule has 5 N–H and O–H groups in total. The smallest absolute Gasteiger partial charge is 0.234 e. The highest BCUT2D eigenvalue weighted by Gasteiger charge is 2.39. The lowest BCUT2D eigenvalue weighted by Gasteiger charge is -2.34. The van der Waals surface area contributed by atoms with Crippen LogP contribution in [-0.2, 0) is 14.4 Å². The van der Waals surface area contributed by atoms with Crippen molar-refractivity contribution in [3.05, 3.63) is 66.3 Å². The van der Waals surface area contributed by atoms with E-state index in [4.69, 9.17) is 15.4 Å². The van der Waals surface area contributed by atoms with Crippen molar-refractivity contribution < 1.29 is 18.9 Å². The maximum atomic E-state index is 13.0. The normalized spacial score (nSPS) is 19.5. The summed E-state index contributed by atoms with van der Waals surface area (Å²) in [5, 5.41) is 19.2. The average molecular weight is 759 g/mol.